The standard InChI is InChI=1S/C38H30O6/c1-3-21-41-35(39)23-43-33-19-17-29-27-11-7-5-9-25(27)13-15-31(29)37(33)38-32-16-14-26-10-6-8-12-28(26)30(32)18-20-34(38)44-24-36(40)42-22-4-2/h3-20H,1-2,21-24H2. The van der Waals surface area contributed by atoms with E-state index in [0.29, 0.717) is 11.5 Å². The summed E-state index contributed by atoms with van der Waals surface area (Å²) in [5, 5.41) is 8.16. The Labute approximate surface area is 254 Å². The van der Waals surface area contributed by atoms with Crippen molar-refractivity contribution in [3.8, 4) is 22.6 Å². The summed E-state index contributed by atoms with van der Waals surface area (Å²) in [6.07, 6.45) is 3.02. The first-order valence-corrected chi connectivity index (χ1v) is 14.3. The fraction of sp³-hybridized carbons (Fsp3) is 0.105. The minimum Gasteiger partial charge on any atom is -0.481 e. The highest BCUT2D eigenvalue weighted by Crippen LogP contribution is 2.47. The van der Waals surface area contributed by atoms with Crippen LogP contribution in [-0.4, -0.2) is 38.4 Å². The van der Waals surface area contributed by atoms with Crippen LogP contribution in [0.4, 0.5) is 0 Å². The van der Waals surface area contributed by atoms with Crippen molar-refractivity contribution < 1.29 is 28.5 Å². The monoisotopic (exact) mass is 582 g/mol. The van der Waals surface area contributed by atoms with Crippen LogP contribution in [0, 0.1) is 0 Å². The average Bonchev–Trinajstić information content (AvgIpc) is 3.07. The molecule has 0 spiro atoms. The van der Waals surface area contributed by atoms with Crippen LogP contribution in [0.25, 0.3) is 54.2 Å². The predicted molar refractivity (Wildman–Crippen MR) is 175 cm³/mol. The molecule has 0 amide bonds. The highest BCUT2D eigenvalue weighted by atomic mass is 16.6. The second-order valence-electron chi connectivity index (χ2n) is 10.2. The Balaban J connectivity index is 1.62. The van der Waals surface area contributed by atoms with Crippen LogP contribution in [0.2, 0.25) is 0 Å². The van der Waals surface area contributed by atoms with Gasteiger partial charge < -0.3 is 18.9 Å². The second kappa shape index (κ2) is 12.7. The molecule has 6 aromatic carbocycles. The SMILES string of the molecule is C=CCOC(=O)COc1ccc2c(ccc3ccccc32)c1-c1c(OCC(=O)OCC=C)ccc2c1ccc1ccccc12. The van der Waals surface area contributed by atoms with Gasteiger partial charge in [-0.1, -0.05) is 110 Å². The number of benzene rings is 6. The van der Waals surface area contributed by atoms with Gasteiger partial charge in [-0.25, -0.2) is 9.59 Å². The van der Waals surface area contributed by atoms with Crippen LogP contribution in [0.5, 0.6) is 11.5 Å². The Hall–Kier alpha value is -5.62. The Morgan fingerprint density at radius 1 is 0.500 bits per heavy atom. The fourth-order valence-corrected chi connectivity index (χ4v) is 5.55. The van der Waals surface area contributed by atoms with Gasteiger partial charge >= 0.3 is 11.9 Å². The molecule has 6 nitrogen and oxygen atoms in total. The van der Waals surface area contributed by atoms with E-state index in [4.69, 9.17) is 18.9 Å². The lowest BCUT2D eigenvalue weighted by Crippen LogP contribution is -2.16. The number of ether oxygens (including phenoxy) is 4. The van der Waals surface area contributed by atoms with Crippen LogP contribution in [0.15, 0.2) is 122 Å². The largest absolute Gasteiger partial charge is 0.481 e. The first-order valence-electron chi connectivity index (χ1n) is 14.3. The smallest absolute Gasteiger partial charge is 0.344 e. The molecule has 44 heavy (non-hydrogen) atoms. The summed E-state index contributed by atoms with van der Waals surface area (Å²) < 4.78 is 22.7. The van der Waals surface area contributed by atoms with Crippen molar-refractivity contribution in [1.82, 2.24) is 0 Å². The molecule has 6 rings (SSSR count). The molecule has 0 fully saturated rings. The van der Waals surface area contributed by atoms with Gasteiger partial charge in [0.05, 0.1) is 0 Å². The number of hydrogen-bond donors (Lipinski definition) is 0. The lowest BCUT2D eigenvalue weighted by molar-refractivity contribution is -0.145. The second-order valence-corrected chi connectivity index (χ2v) is 10.2. The van der Waals surface area contributed by atoms with Crippen molar-refractivity contribution in [3.63, 3.8) is 0 Å². The molecule has 0 bridgehead atoms. The Morgan fingerprint density at radius 2 is 0.909 bits per heavy atom. The van der Waals surface area contributed by atoms with Crippen LogP contribution in [0.3, 0.4) is 0 Å². The average molecular weight is 583 g/mol. The summed E-state index contributed by atoms with van der Waals surface area (Å²) >= 11 is 0. The lowest BCUT2D eigenvalue weighted by Gasteiger charge is -2.20. The van der Waals surface area contributed by atoms with E-state index in [0.717, 1.165) is 54.2 Å². The van der Waals surface area contributed by atoms with Gasteiger partial charge in [-0.15, -0.1) is 0 Å². The Kier molecular flexibility index (Phi) is 8.23. The van der Waals surface area contributed by atoms with E-state index < -0.39 is 11.9 Å². The Morgan fingerprint density at radius 3 is 1.34 bits per heavy atom. The van der Waals surface area contributed by atoms with Gasteiger partial charge in [0.15, 0.2) is 13.2 Å². The maximum Gasteiger partial charge on any atom is 0.344 e. The molecular formula is C38H30O6. The maximum atomic E-state index is 12.5. The van der Waals surface area contributed by atoms with E-state index in [-0.39, 0.29) is 26.4 Å². The van der Waals surface area contributed by atoms with Crippen LogP contribution < -0.4 is 9.47 Å². The van der Waals surface area contributed by atoms with Crippen LogP contribution in [-0.2, 0) is 19.1 Å². The predicted octanol–water partition coefficient (Wildman–Crippen LogP) is 8.18. The Bertz CT molecular complexity index is 1910. The summed E-state index contributed by atoms with van der Waals surface area (Å²) in [6.45, 7) is 6.80. The topological polar surface area (TPSA) is 71.1 Å². The molecule has 6 heteroatoms. The van der Waals surface area contributed by atoms with E-state index in [1.807, 2.05) is 48.5 Å². The summed E-state index contributed by atoms with van der Waals surface area (Å²) in [5.41, 5.74) is 1.47. The van der Waals surface area contributed by atoms with Crippen molar-refractivity contribution >= 4 is 55.0 Å². The molecule has 0 saturated carbocycles. The molecular weight excluding hydrogens is 552 g/mol. The molecule has 0 heterocycles. The first-order chi connectivity index (χ1) is 21.6. The van der Waals surface area contributed by atoms with Crippen molar-refractivity contribution in [1.29, 1.82) is 0 Å². The normalized spacial score (nSPS) is 11.0. The number of carbonyl (C=O) groups excluding carboxylic acids is 2. The molecule has 0 aliphatic heterocycles. The number of hydrogen-bond acceptors (Lipinski definition) is 6. The molecule has 0 N–H and O–H groups in total. The lowest BCUT2D eigenvalue weighted by atomic mass is 9.89. The molecule has 0 aliphatic carbocycles. The zero-order chi connectivity index (χ0) is 30.5. The highest BCUT2D eigenvalue weighted by molar-refractivity contribution is 6.19. The highest BCUT2D eigenvalue weighted by Gasteiger charge is 2.22. The summed E-state index contributed by atoms with van der Waals surface area (Å²) in [6, 6.07) is 32.3. The van der Waals surface area contributed by atoms with Gasteiger partial charge in [0.1, 0.15) is 24.7 Å². The summed E-state index contributed by atoms with van der Waals surface area (Å²) in [7, 11) is 0. The summed E-state index contributed by atoms with van der Waals surface area (Å²) in [4.78, 5) is 24.9. The third-order valence-electron chi connectivity index (χ3n) is 7.44. The zero-order valence-electron chi connectivity index (χ0n) is 24.1. The molecule has 0 atom stereocenters. The zero-order valence-corrected chi connectivity index (χ0v) is 24.1. The fourth-order valence-electron chi connectivity index (χ4n) is 5.55. The number of carbonyl (C=O) groups is 2. The minimum atomic E-state index is -0.514. The quantitative estimate of drug-likeness (QED) is 0.0872. The van der Waals surface area contributed by atoms with Crippen molar-refractivity contribution in [2.45, 2.75) is 0 Å². The number of fused-ring (bicyclic) bond motifs is 6. The van der Waals surface area contributed by atoms with E-state index in [9.17, 15) is 9.59 Å². The van der Waals surface area contributed by atoms with Crippen LogP contribution in [0.1, 0.15) is 0 Å². The van der Waals surface area contributed by atoms with Gasteiger partial charge in [0.2, 0.25) is 0 Å². The van der Waals surface area contributed by atoms with Crippen molar-refractivity contribution in [3.05, 3.63) is 122 Å². The van der Waals surface area contributed by atoms with Crippen molar-refractivity contribution in [2.75, 3.05) is 26.4 Å². The van der Waals surface area contributed by atoms with Crippen molar-refractivity contribution in [2.24, 2.45) is 0 Å². The van der Waals surface area contributed by atoms with Gasteiger partial charge in [0.25, 0.3) is 0 Å². The van der Waals surface area contributed by atoms with E-state index >= 15 is 0 Å². The third-order valence-corrected chi connectivity index (χ3v) is 7.44. The van der Waals surface area contributed by atoms with Gasteiger partial charge in [-0.3, -0.25) is 0 Å². The number of esters is 2. The molecule has 218 valence electrons. The first kappa shape index (κ1) is 28.5. The van der Waals surface area contributed by atoms with E-state index in [1.165, 1.54) is 12.2 Å². The number of rotatable bonds is 11. The summed E-state index contributed by atoms with van der Waals surface area (Å²) in [5.74, 6) is -0.0780. The molecule has 0 saturated heterocycles. The van der Waals surface area contributed by atoms with Gasteiger partial charge in [0, 0.05) is 11.1 Å². The molecule has 0 unspecified atom stereocenters. The molecule has 0 aromatic heterocycles. The molecule has 0 aliphatic rings. The minimum absolute atomic E-state index is 0.0924. The third kappa shape index (κ3) is 5.57. The van der Waals surface area contributed by atoms with Crippen LogP contribution >= 0.6 is 0 Å². The van der Waals surface area contributed by atoms with Gasteiger partial charge in [-0.2, -0.15) is 0 Å². The molecule has 0 radical (unpaired) electrons. The van der Waals surface area contributed by atoms with Gasteiger partial charge in [-0.05, 0) is 55.2 Å². The van der Waals surface area contributed by atoms with E-state index in [1.54, 1.807) is 0 Å². The maximum absolute atomic E-state index is 12.5. The van der Waals surface area contributed by atoms with E-state index in [2.05, 4.69) is 61.7 Å². The molecule has 6 aromatic rings.